The van der Waals surface area contributed by atoms with Crippen molar-refractivity contribution in [3.8, 4) is 0 Å². The number of carbonyl (C=O) groups is 1. The van der Waals surface area contributed by atoms with Gasteiger partial charge in [-0.3, -0.25) is 4.79 Å². The molecular weight excluding hydrogens is 220 g/mol. The summed E-state index contributed by atoms with van der Waals surface area (Å²) in [5.41, 5.74) is 0. The largest absolute Gasteiger partial charge is 0.465 e. The third-order valence-electron chi connectivity index (χ3n) is 2.48. The number of carbonyl (C=O) groups excluding carboxylic acids is 1. The van der Waals surface area contributed by atoms with Gasteiger partial charge in [-0.2, -0.15) is 0 Å². The fraction of sp³-hybridized carbons (Fsp3) is 0.923. The number of hydrogen-bond donors (Lipinski definition) is 0. The molecule has 96 valence electrons. The van der Waals surface area contributed by atoms with Crippen LogP contribution in [0.5, 0.6) is 0 Å². The summed E-state index contributed by atoms with van der Waals surface area (Å²) in [7, 11) is 0. The van der Waals surface area contributed by atoms with Crippen LogP contribution in [-0.2, 0) is 9.53 Å². The highest BCUT2D eigenvalue weighted by atomic mass is 32.2. The molecule has 0 N–H and O–H groups in total. The maximum atomic E-state index is 11.3. The van der Waals surface area contributed by atoms with Crippen LogP contribution in [0.25, 0.3) is 0 Å². The third kappa shape index (κ3) is 9.08. The Hall–Kier alpha value is -0.180. The zero-order chi connectivity index (χ0) is 12.2. The monoisotopic (exact) mass is 246 g/mol. The molecule has 0 saturated carbocycles. The van der Waals surface area contributed by atoms with Crippen molar-refractivity contribution in [2.45, 2.75) is 64.5 Å². The number of rotatable bonds is 10. The van der Waals surface area contributed by atoms with Crippen LogP contribution in [0.15, 0.2) is 0 Å². The Morgan fingerprint density at radius 3 is 2.38 bits per heavy atom. The first-order valence-electron chi connectivity index (χ1n) is 6.50. The van der Waals surface area contributed by atoms with Gasteiger partial charge < -0.3 is 4.74 Å². The van der Waals surface area contributed by atoms with Crippen LogP contribution < -0.4 is 0 Å². The highest BCUT2D eigenvalue weighted by Crippen LogP contribution is 2.15. The fourth-order valence-electron chi connectivity index (χ4n) is 1.47. The van der Waals surface area contributed by atoms with Crippen molar-refractivity contribution < 1.29 is 9.53 Å². The van der Waals surface area contributed by atoms with Gasteiger partial charge in [0, 0.05) is 0 Å². The highest BCUT2D eigenvalue weighted by molar-refractivity contribution is 8.00. The van der Waals surface area contributed by atoms with E-state index in [1.54, 1.807) is 11.8 Å². The summed E-state index contributed by atoms with van der Waals surface area (Å²) in [6.07, 6.45) is 7.86. The van der Waals surface area contributed by atoms with Gasteiger partial charge in [0.05, 0.1) is 11.9 Å². The second-order valence-corrected chi connectivity index (χ2v) is 5.48. The van der Waals surface area contributed by atoms with Gasteiger partial charge in [-0.1, -0.05) is 39.0 Å². The third-order valence-corrected chi connectivity index (χ3v) is 3.70. The molecule has 0 aromatic heterocycles. The van der Waals surface area contributed by atoms with Crippen LogP contribution in [0, 0.1) is 0 Å². The maximum absolute atomic E-state index is 11.3. The van der Waals surface area contributed by atoms with Gasteiger partial charge in [-0.15, -0.1) is 11.8 Å². The molecule has 0 aliphatic carbocycles. The molecule has 3 heteroatoms. The standard InChI is InChI=1S/C13H26O2S/c1-4-6-7-8-9-10-11-16-12(3)13(14)15-5-2/h12H,4-11H2,1-3H3/t12-/m0/s1. The summed E-state index contributed by atoms with van der Waals surface area (Å²) in [4.78, 5) is 11.3. The minimum Gasteiger partial charge on any atom is -0.465 e. The van der Waals surface area contributed by atoms with E-state index in [1.165, 1.54) is 38.5 Å². The van der Waals surface area contributed by atoms with Crippen molar-refractivity contribution in [3.05, 3.63) is 0 Å². The van der Waals surface area contributed by atoms with Gasteiger partial charge in [0.25, 0.3) is 0 Å². The van der Waals surface area contributed by atoms with Crippen LogP contribution >= 0.6 is 11.8 Å². The number of unbranched alkanes of at least 4 members (excludes halogenated alkanes) is 5. The van der Waals surface area contributed by atoms with Crippen LogP contribution in [0.3, 0.4) is 0 Å². The number of ether oxygens (including phenoxy) is 1. The SMILES string of the molecule is CCCCCCCCS[C@@H](C)C(=O)OCC. The van der Waals surface area contributed by atoms with Gasteiger partial charge >= 0.3 is 5.97 Å². The minimum atomic E-state index is -0.0708. The lowest BCUT2D eigenvalue weighted by Crippen LogP contribution is -2.17. The molecule has 0 aliphatic rings. The molecule has 0 spiro atoms. The molecular formula is C13H26O2S. The maximum Gasteiger partial charge on any atom is 0.318 e. The van der Waals surface area contributed by atoms with E-state index in [4.69, 9.17) is 4.74 Å². The molecule has 0 amide bonds. The summed E-state index contributed by atoms with van der Waals surface area (Å²) in [5, 5.41) is -0.00408. The Balaban J connectivity index is 3.27. The van der Waals surface area contributed by atoms with Gasteiger partial charge in [0.15, 0.2) is 0 Å². The van der Waals surface area contributed by atoms with E-state index < -0.39 is 0 Å². The summed E-state index contributed by atoms with van der Waals surface area (Å²) < 4.78 is 4.95. The predicted molar refractivity (Wildman–Crippen MR) is 71.9 cm³/mol. The quantitative estimate of drug-likeness (QED) is 0.430. The lowest BCUT2D eigenvalue weighted by molar-refractivity contribution is -0.142. The van der Waals surface area contributed by atoms with Crippen LogP contribution in [-0.4, -0.2) is 23.6 Å². The van der Waals surface area contributed by atoms with E-state index in [1.807, 2.05) is 13.8 Å². The van der Waals surface area contributed by atoms with Crippen molar-refractivity contribution in [2.75, 3.05) is 12.4 Å². The molecule has 1 atom stereocenters. The molecule has 0 aromatic rings. The minimum absolute atomic E-state index is 0.00408. The van der Waals surface area contributed by atoms with E-state index in [0.717, 1.165) is 5.75 Å². The highest BCUT2D eigenvalue weighted by Gasteiger charge is 2.13. The second-order valence-electron chi connectivity index (χ2n) is 4.03. The molecule has 0 saturated heterocycles. The average Bonchev–Trinajstić information content (AvgIpc) is 2.28. The molecule has 0 fully saturated rings. The molecule has 2 nitrogen and oxygen atoms in total. The normalized spacial score (nSPS) is 12.4. The lowest BCUT2D eigenvalue weighted by Gasteiger charge is -2.09. The van der Waals surface area contributed by atoms with Gasteiger partial charge in [0.1, 0.15) is 0 Å². The van der Waals surface area contributed by atoms with E-state index in [2.05, 4.69) is 6.92 Å². The Bertz CT molecular complexity index is 171. The summed E-state index contributed by atoms with van der Waals surface area (Å²) >= 11 is 1.71. The van der Waals surface area contributed by atoms with Crippen LogP contribution in [0.4, 0.5) is 0 Å². The first-order valence-corrected chi connectivity index (χ1v) is 7.55. The number of esters is 1. The van der Waals surface area contributed by atoms with Crippen molar-refractivity contribution in [2.24, 2.45) is 0 Å². The summed E-state index contributed by atoms with van der Waals surface area (Å²) in [6.45, 7) is 6.50. The molecule has 16 heavy (non-hydrogen) atoms. The van der Waals surface area contributed by atoms with E-state index in [0.29, 0.717) is 6.61 Å². The van der Waals surface area contributed by atoms with Crippen LogP contribution in [0.2, 0.25) is 0 Å². The Morgan fingerprint density at radius 2 is 1.75 bits per heavy atom. The van der Waals surface area contributed by atoms with Gasteiger partial charge in [-0.25, -0.2) is 0 Å². The van der Waals surface area contributed by atoms with Gasteiger partial charge in [0.2, 0.25) is 0 Å². The zero-order valence-electron chi connectivity index (χ0n) is 11.0. The molecule has 0 rings (SSSR count). The first-order chi connectivity index (χ1) is 7.72. The zero-order valence-corrected chi connectivity index (χ0v) is 11.8. The number of hydrogen-bond acceptors (Lipinski definition) is 3. The average molecular weight is 246 g/mol. The number of thioether (sulfide) groups is 1. The smallest absolute Gasteiger partial charge is 0.318 e. The lowest BCUT2D eigenvalue weighted by atomic mass is 10.1. The van der Waals surface area contributed by atoms with Crippen molar-refractivity contribution in [3.63, 3.8) is 0 Å². The van der Waals surface area contributed by atoms with E-state index in [-0.39, 0.29) is 11.2 Å². The van der Waals surface area contributed by atoms with E-state index in [9.17, 15) is 4.79 Å². The molecule has 0 unspecified atom stereocenters. The van der Waals surface area contributed by atoms with Gasteiger partial charge in [-0.05, 0) is 26.0 Å². The first kappa shape index (κ1) is 15.8. The molecule has 0 bridgehead atoms. The topological polar surface area (TPSA) is 26.3 Å². The van der Waals surface area contributed by atoms with Crippen molar-refractivity contribution in [1.82, 2.24) is 0 Å². The molecule has 0 aliphatic heterocycles. The Morgan fingerprint density at radius 1 is 1.12 bits per heavy atom. The molecule has 0 heterocycles. The van der Waals surface area contributed by atoms with E-state index >= 15 is 0 Å². The Kier molecular flexibility index (Phi) is 11.2. The van der Waals surface area contributed by atoms with Crippen LogP contribution in [0.1, 0.15) is 59.3 Å². The van der Waals surface area contributed by atoms with Crippen molar-refractivity contribution >= 4 is 17.7 Å². The molecule has 0 aromatic carbocycles. The summed E-state index contributed by atoms with van der Waals surface area (Å²) in [6, 6.07) is 0. The second kappa shape index (κ2) is 11.3. The van der Waals surface area contributed by atoms with Crippen molar-refractivity contribution in [1.29, 1.82) is 0 Å². The molecule has 0 radical (unpaired) electrons. The Labute approximate surface area is 105 Å². The summed E-state index contributed by atoms with van der Waals surface area (Å²) in [5.74, 6) is 1.00. The fourth-order valence-corrected chi connectivity index (χ4v) is 2.40. The predicted octanol–water partition coefficient (Wildman–Crippen LogP) is 4.03.